The molecule has 1 aliphatic rings. The Balaban J connectivity index is 1.68. The SMILES string of the molecule is O=C1NC(=O)N(c2cccc(C(F)(F)F)c2)C(=O)/C1=C\c1ccccc1OC(=O)c1ccc(Cl)cc1. The fourth-order valence-electron chi connectivity index (χ4n) is 3.31. The van der Waals surface area contributed by atoms with Gasteiger partial charge in [-0.3, -0.25) is 14.9 Å². The van der Waals surface area contributed by atoms with Crippen LogP contribution in [0.2, 0.25) is 5.02 Å². The Hall–Kier alpha value is -4.44. The molecule has 1 fully saturated rings. The topological polar surface area (TPSA) is 92.8 Å². The van der Waals surface area contributed by atoms with Gasteiger partial charge in [-0.05, 0) is 54.6 Å². The van der Waals surface area contributed by atoms with Crippen molar-refractivity contribution in [2.75, 3.05) is 4.90 Å². The van der Waals surface area contributed by atoms with Crippen molar-refractivity contribution in [2.45, 2.75) is 6.18 Å². The number of nitrogens with one attached hydrogen (secondary N) is 1. The van der Waals surface area contributed by atoms with Gasteiger partial charge in [-0.2, -0.15) is 13.2 Å². The number of benzene rings is 3. The number of carbonyl (C=O) groups excluding carboxylic acids is 4. The van der Waals surface area contributed by atoms with Crippen LogP contribution in [0.25, 0.3) is 6.08 Å². The predicted molar refractivity (Wildman–Crippen MR) is 123 cm³/mol. The summed E-state index contributed by atoms with van der Waals surface area (Å²) in [6.07, 6.45) is -3.64. The van der Waals surface area contributed by atoms with E-state index < -0.39 is 41.1 Å². The number of anilines is 1. The molecule has 4 rings (SSSR count). The molecule has 7 nitrogen and oxygen atoms in total. The van der Waals surface area contributed by atoms with E-state index in [0.29, 0.717) is 16.0 Å². The van der Waals surface area contributed by atoms with Gasteiger partial charge < -0.3 is 4.74 Å². The molecule has 0 spiro atoms. The zero-order chi connectivity index (χ0) is 26.0. The molecule has 0 bridgehead atoms. The lowest BCUT2D eigenvalue weighted by Crippen LogP contribution is -2.54. The van der Waals surface area contributed by atoms with Crippen molar-refractivity contribution < 1.29 is 37.1 Å². The Morgan fingerprint density at radius 3 is 2.33 bits per heavy atom. The number of esters is 1. The van der Waals surface area contributed by atoms with Crippen LogP contribution in [-0.4, -0.2) is 23.8 Å². The van der Waals surface area contributed by atoms with Gasteiger partial charge in [-0.1, -0.05) is 35.9 Å². The van der Waals surface area contributed by atoms with E-state index in [1.807, 2.05) is 5.32 Å². The molecular formula is C25H14ClF3N2O5. The molecule has 0 aromatic heterocycles. The number of hydrogen-bond acceptors (Lipinski definition) is 5. The molecule has 0 aliphatic carbocycles. The smallest absolute Gasteiger partial charge is 0.416 e. The maximum atomic E-state index is 13.1. The molecule has 0 atom stereocenters. The van der Waals surface area contributed by atoms with Crippen LogP contribution < -0.4 is 15.0 Å². The maximum Gasteiger partial charge on any atom is 0.416 e. The molecule has 36 heavy (non-hydrogen) atoms. The van der Waals surface area contributed by atoms with Crippen LogP contribution in [-0.2, 0) is 15.8 Å². The number of imide groups is 2. The quantitative estimate of drug-likeness (QED) is 0.222. The van der Waals surface area contributed by atoms with Crippen LogP contribution in [0.5, 0.6) is 5.75 Å². The molecule has 3 aromatic rings. The standard InChI is InChI=1S/C25H14ClF3N2O5/c26-17-10-8-14(9-11-17)23(34)36-20-7-2-1-4-15(20)12-19-21(32)30-24(35)31(22(19)33)18-6-3-5-16(13-18)25(27,28)29/h1-13H,(H,30,32,35)/b19-12-. The summed E-state index contributed by atoms with van der Waals surface area (Å²) in [5, 5.41) is 2.35. The minimum Gasteiger partial charge on any atom is -0.422 e. The molecule has 11 heteroatoms. The van der Waals surface area contributed by atoms with Gasteiger partial charge in [-0.15, -0.1) is 0 Å². The Bertz CT molecular complexity index is 1420. The van der Waals surface area contributed by atoms with Crippen LogP contribution >= 0.6 is 11.6 Å². The molecule has 1 N–H and O–H groups in total. The lowest BCUT2D eigenvalue weighted by atomic mass is 10.1. The van der Waals surface area contributed by atoms with Gasteiger partial charge in [0.15, 0.2) is 0 Å². The minimum atomic E-state index is -4.72. The van der Waals surface area contributed by atoms with Crippen molar-refractivity contribution >= 4 is 47.2 Å². The summed E-state index contributed by atoms with van der Waals surface area (Å²) in [4.78, 5) is 50.8. The van der Waals surface area contributed by atoms with Crippen molar-refractivity contribution in [3.8, 4) is 5.75 Å². The Morgan fingerprint density at radius 2 is 1.64 bits per heavy atom. The third-order valence-corrected chi connectivity index (χ3v) is 5.29. The summed E-state index contributed by atoms with van der Waals surface area (Å²) in [5.74, 6) is -2.96. The highest BCUT2D eigenvalue weighted by molar-refractivity contribution is 6.39. The van der Waals surface area contributed by atoms with Crippen molar-refractivity contribution in [1.29, 1.82) is 0 Å². The van der Waals surface area contributed by atoms with E-state index in [0.717, 1.165) is 24.3 Å². The van der Waals surface area contributed by atoms with Crippen molar-refractivity contribution in [3.63, 3.8) is 0 Å². The third-order valence-electron chi connectivity index (χ3n) is 5.03. The van der Waals surface area contributed by atoms with E-state index in [-0.39, 0.29) is 22.6 Å². The first-order valence-corrected chi connectivity index (χ1v) is 10.6. The molecule has 182 valence electrons. The monoisotopic (exact) mass is 514 g/mol. The van der Waals surface area contributed by atoms with Crippen molar-refractivity contribution in [2.24, 2.45) is 0 Å². The van der Waals surface area contributed by atoms with Crippen LogP contribution in [0.4, 0.5) is 23.7 Å². The number of nitrogens with zero attached hydrogens (tertiary/aromatic N) is 1. The summed E-state index contributed by atoms with van der Waals surface area (Å²) in [5.41, 5.74) is -1.69. The molecule has 1 aliphatic heterocycles. The Kier molecular flexibility index (Phi) is 6.63. The van der Waals surface area contributed by atoms with E-state index in [4.69, 9.17) is 16.3 Å². The van der Waals surface area contributed by atoms with Crippen LogP contribution in [0.1, 0.15) is 21.5 Å². The van der Waals surface area contributed by atoms with Gasteiger partial charge >= 0.3 is 18.2 Å². The lowest BCUT2D eigenvalue weighted by Gasteiger charge is -2.27. The molecule has 0 saturated carbocycles. The second-order valence-corrected chi connectivity index (χ2v) is 7.88. The average Bonchev–Trinajstić information content (AvgIpc) is 2.82. The number of halogens is 4. The molecular weight excluding hydrogens is 501 g/mol. The highest BCUT2D eigenvalue weighted by Crippen LogP contribution is 2.33. The number of amides is 4. The summed E-state index contributed by atoms with van der Waals surface area (Å²) in [7, 11) is 0. The van der Waals surface area contributed by atoms with Gasteiger partial charge in [0.2, 0.25) is 0 Å². The van der Waals surface area contributed by atoms with E-state index >= 15 is 0 Å². The van der Waals surface area contributed by atoms with E-state index in [1.54, 1.807) is 12.1 Å². The molecule has 0 radical (unpaired) electrons. The fourth-order valence-corrected chi connectivity index (χ4v) is 3.43. The third kappa shape index (κ3) is 5.13. The van der Waals surface area contributed by atoms with Gasteiger partial charge in [0, 0.05) is 10.6 Å². The van der Waals surface area contributed by atoms with Gasteiger partial charge in [0.05, 0.1) is 16.8 Å². The predicted octanol–water partition coefficient (Wildman–Crippen LogP) is 5.24. The summed E-state index contributed by atoms with van der Waals surface area (Å²) in [6, 6.07) is 14.2. The lowest BCUT2D eigenvalue weighted by molar-refractivity contribution is -0.137. The maximum absolute atomic E-state index is 13.1. The minimum absolute atomic E-state index is 0.00642. The van der Waals surface area contributed by atoms with Gasteiger partial charge in [0.1, 0.15) is 11.3 Å². The second kappa shape index (κ2) is 9.67. The first-order valence-electron chi connectivity index (χ1n) is 10.2. The highest BCUT2D eigenvalue weighted by atomic mass is 35.5. The van der Waals surface area contributed by atoms with Crippen LogP contribution in [0.3, 0.4) is 0 Å². The number of rotatable bonds is 4. The second-order valence-electron chi connectivity index (χ2n) is 7.44. The van der Waals surface area contributed by atoms with Gasteiger partial charge in [0.25, 0.3) is 11.8 Å². The number of ether oxygens (including phenoxy) is 1. The van der Waals surface area contributed by atoms with E-state index in [1.165, 1.54) is 36.4 Å². The normalized spacial score (nSPS) is 15.2. The van der Waals surface area contributed by atoms with Crippen molar-refractivity contribution in [1.82, 2.24) is 5.32 Å². The molecule has 1 saturated heterocycles. The first-order chi connectivity index (χ1) is 17.0. The zero-order valence-corrected chi connectivity index (χ0v) is 18.8. The highest BCUT2D eigenvalue weighted by Gasteiger charge is 2.38. The van der Waals surface area contributed by atoms with E-state index in [9.17, 15) is 32.3 Å². The number of para-hydroxylation sites is 1. The van der Waals surface area contributed by atoms with Crippen LogP contribution in [0, 0.1) is 0 Å². The van der Waals surface area contributed by atoms with E-state index in [2.05, 4.69) is 0 Å². The van der Waals surface area contributed by atoms with Crippen molar-refractivity contribution in [3.05, 3.63) is 100 Å². The Morgan fingerprint density at radius 1 is 0.944 bits per heavy atom. The molecule has 3 aromatic carbocycles. The number of barbiturate groups is 1. The largest absolute Gasteiger partial charge is 0.422 e. The first kappa shape index (κ1) is 24.7. The zero-order valence-electron chi connectivity index (χ0n) is 18.0. The number of alkyl halides is 3. The number of urea groups is 1. The number of hydrogen-bond donors (Lipinski definition) is 1. The molecule has 0 unspecified atom stereocenters. The number of carbonyl (C=O) groups is 4. The van der Waals surface area contributed by atoms with Crippen LogP contribution in [0.15, 0.2) is 78.4 Å². The Labute approximate surface area is 206 Å². The molecule has 1 heterocycles. The van der Waals surface area contributed by atoms with Gasteiger partial charge in [-0.25, -0.2) is 14.5 Å². The fraction of sp³-hybridized carbons (Fsp3) is 0.0400. The summed E-state index contributed by atoms with van der Waals surface area (Å²) >= 11 is 5.82. The summed E-state index contributed by atoms with van der Waals surface area (Å²) in [6.45, 7) is 0. The summed E-state index contributed by atoms with van der Waals surface area (Å²) < 4.78 is 44.8. The average molecular weight is 515 g/mol. The molecule has 4 amide bonds.